The smallest absolute Gasteiger partial charge is 0.0338 e. The van der Waals surface area contributed by atoms with Crippen molar-refractivity contribution in [1.82, 2.24) is 0 Å². The number of benzene rings is 18. The van der Waals surface area contributed by atoms with Crippen molar-refractivity contribution in [1.29, 1.82) is 0 Å². The molecule has 4 aliphatic rings. The molecular formula is C64H10. The maximum absolute atomic E-state index is 2.49. The van der Waals surface area contributed by atoms with Crippen molar-refractivity contribution in [3.05, 3.63) is 22.3 Å². The van der Waals surface area contributed by atoms with Crippen LogP contribution < -0.4 is 0 Å². The zero-order valence-corrected chi connectivity index (χ0v) is 33.2. The average Bonchev–Trinajstić information content (AvgIpc) is 4.15. The largest absolute Gasteiger partial charge is 0.0654 e. The lowest BCUT2D eigenvalue weighted by atomic mass is 9.55. The van der Waals surface area contributed by atoms with Gasteiger partial charge in [-0.2, -0.15) is 0 Å². The Hall–Kier alpha value is -7.54. The fourth-order valence-corrected chi connectivity index (χ4v) is 24.2. The molecule has 0 bridgehead atoms. The SMILES string of the molecule is CCCCC12c3c4c5c6c7c8c(c9c%10c1c1c3c3c%11c4c4c5c5c7c7c%12c8c8c9c9c%10c%10c1c1c3c3c%11c%11c4c4c5c7c5c7c%12c8c8c9c9c%10c1c1c3c3c%11c4c5c4c7c8c9c1c34)C62. The Balaban J connectivity index is 1.28. The van der Waals surface area contributed by atoms with E-state index < -0.39 is 0 Å². The standard InChI is InChI=1S/C64H10/c1-2-3-4-64-61-57-51-37-29-21-9-6-5-7-10(9)22-24-20-14(7)16-12-8(5)11-15-13(6)19-23(21)35(37)43-41-27(19)25(15)33-31-17(11)18(12)32-34-26(16)28(20)42-44-36(24)38(30(22)29)52(51)58(61)54(44)56-48(42)46(34)50-40(32)39(31)49-45(33)47(41)55(53(43)57)62(64)59(49)60(50)63(56)64/h61H,2-4H2,1H3. The quantitative estimate of drug-likeness (QED) is 0.157. The minimum absolute atomic E-state index is 0.0403. The molecule has 0 saturated heterocycles. The Labute approximate surface area is 348 Å². The molecule has 28 aromatic carbocycles. The molecule has 0 saturated carbocycles. The molecule has 0 aliphatic heterocycles. The van der Waals surface area contributed by atoms with E-state index in [0.717, 1.165) is 0 Å². The minimum Gasteiger partial charge on any atom is -0.0654 e. The summed E-state index contributed by atoms with van der Waals surface area (Å²) in [6.45, 7) is 2.49. The Morgan fingerprint density at radius 1 is 0.219 bits per heavy atom. The molecule has 266 valence electrons. The topological polar surface area (TPSA) is 0 Å². The highest BCUT2D eigenvalue weighted by Gasteiger charge is 2.62. The van der Waals surface area contributed by atoms with Crippen LogP contribution in [0.2, 0.25) is 0 Å². The molecule has 0 radical (unpaired) electrons. The molecule has 4 aliphatic carbocycles. The first kappa shape index (κ1) is 23.2. The maximum Gasteiger partial charge on any atom is 0.0338 e. The third kappa shape index (κ3) is 1.18. The number of hydrogen-bond acceptors (Lipinski definition) is 0. The first-order valence-corrected chi connectivity index (χ1v) is 24.7. The lowest BCUT2D eigenvalue weighted by Crippen LogP contribution is -2.37. The normalized spacial score (nSPS) is 21.6. The van der Waals surface area contributed by atoms with E-state index >= 15 is 0 Å². The van der Waals surface area contributed by atoms with E-state index in [1.807, 2.05) is 22.3 Å². The predicted molar refractivity (Wildman–Crippen MR) is 274 cm³/mol. The molecule has 0 amide bonds. The molecule has 0 nitrogen and oxygen atoms in total. The van der Waals surface area contributed by atoms with Crippen LogP contribution in [0.25, 0.3) is 291 Å². The van der Waals surface area contributed by atoms with Crippen molar-refractivity contribution in [2.24, 2.45) is 0 Å². The van der Waals surface area contributed by atoms with Crippen LogP contribution in [-0.2, 0) is 5.41 Å². The van der Waals surface area contributed by atoms with E-state index in [2.05, 4.69) is 6.92 Å². The predicted octanol–water partition coefficient (Wildman–Crippen LogP) is 18.3. The van der Waals surface area contributed by atoms with Gasteiger partial charge in [0.15, 0.2) is 0 Å². The first-order chi connectivity index (χ1) is 31.9. The number of unbranched alkanes of at least 4 members (excludes halogenated alkanes) is 1. The Bertz CT molecular complexity index is 6670. The van der Waals surface area contributed by atoms with Crippen molar-refractivity contribution >= 4 is 291 Å². The lowest BCUT2D eigenvalue weighted by Gasteiger charge is -2.45. The molecule has 0 heteroatoms. The maximum atomic E-state index is 2.49. The van der Waals surface area contributed by atoms with Gasteiger partial charge in [-0.1, -0.05) is 19.8 Å². The van der Waals surface area contributed by atoms with Crippen LogP contribution >= 0.6 is 0 Å². The molecule has 28 aromatic rings. The van der Waals surface area contributed by atoms with Crippen LogP contribution in [0.15, 0.2) is 0 Å². The average molecular weight is 779 g/mol. The summed E-state index contributed by atoms with van der Waals surface area (Å²) in [7, 11) is 0. The summed E-state index contributed by atoms with van der Waals surface area (Å²) < 4.78 is 0. The molecule has 0 atom stereocenters. The van der Waals surface area contributed by atoms with Gasteiger partial charge in [-0.15, -0.1) is 0 Å². The fourth-order valence-electron chi connectivity index (χ4n) is 24.2. The Kier molecular flexibility index (Phi) is 1.87. The van der Waals surface area contributed by atoms with Gasteiger partial charge >= 0.3 is 0 Å². The van der Waals surface area contributed by atoms with E-state index in [1.54, 1.807) is 291 Å². The summed E-state index contributed by atoms with van der Waals surface area (Å²) in [6.07, 6.45) is 3.80. The molecule has 0 N–H and O–H groups in total. The summed E-state index contributed by atoms with van der Waals surface area (Å²) in [4.78, 5) is 0. The van der Waals surface area contributed by atoms with E-state index in [0.29, 0.717) is 5.92 Å². The second-order valence-electron chi connectivity index (χ2n) is 24.3. The molecule has 32 rings (SSSR count). The number of rotatable bonds is 3. The van der Waals surface area contributed by atoms with Crippen LogP contribution in [0.3, 0.4) is 0 Å². The molecule has 0 aromatic heterocycles. The second-order valence-corrected chi connectivity index (χ2v) is 24.3. The zero-order chi connectivity index (χ0) is 37.7. The van der Waals surface area contributed by atoms with Gasteiger partial charge in [0.25, 0.3) is 0 Å². The summed E-state index contributed by atoms with van der Waals surface area (Å²) in [5, 5.41) is 91.8. The molecule has 0 spiro atoms. The highest BCUT2D eigenvalue weighted by atomic mass is 14.6. The van der Waals surface area contributed by atoms with Gasteiger partial charge in [0.2, 0.25) is 0 Å². The van der Waals surface area contributed by atoms with E-state index in [-0.39, 0.29) is 5.41 Å². The van der Waals surface area contributed by atoms with E-state index in [9.17, 15) is 0 Å². The first-order valence-electron chi connectivity index (χ1n) is 24.7. The Morgan fingerprint density at radius 2 is 0.375 bits per heavy atom. The van der Waals surface area contributed by atoms with Crippen molar-refractivity contribution in [2.75, 3.05) is 0 Å². The third-order valence-corrected chi connectivity index (χ3v) is 24.2. The summed E-state index contributed by atoms with van der Waals surface area (Å²) in [5.41, 5.74) is 7.25. The van der Waals surface area contributed by atoms with E-state index in [1.165, 1.54) is 19.3 Å². The molecule has 0 unspecified atom stereocenters. The second kappa shape index (κ2) is 5.16. The van der Waals surface area contributed by atoms with E-state index in [4.69, 9.17) is 0 Å². The summed E-state index contributed by atoms with van der Waals surface area (Å²) >= 11 is 0. The monoisotopic (exact) mass is 778 g/mol. The van der Waals surface area contributed by atoms with Gasteiger partial charge in [0.1, 0.15) is 0 Å². The minimum atomic E-state index is -0.0403. The zero-order valence-electron chi connectivity index (χ0n) is 33.2. The van der Waals surface area contributed by atoms with Crippen LogP contribution in [0.4, 0.5) is 0 Å². The van der Waals surface area contributed by atoms with Gasteiger partial charge in [-0.3, -0.25) is 0 Å². The van der Waals surface area contributed by atoms with Gasteiger partial charge < -0.3 is 0 Å². The van der Waals surface area contributed by atoms with Crippen molar-refractivity contribution in [3.8, 4) is 0 Å². The van der Waals surface area contributed by atoms with Crippen LogP contribution in [0.1, 0.15) is 54.4 Å². The van der Waals surface area contributed by atoms with Crippen LogP contribution in [-0.4, -0.2) is 0 Å². The van der Waals surface area contributed by atoms with Gasteiger partial charge in [-0.05, 0) is 320 Å². The lowest BCUT2D eigenvalue weighted by molar-refractivity contribution is 0.422. The van der Waals surface area contributed by atoms with Crippen LogP contribution in [0.5, 0.6) is 0 Å². The highest BCUT2D eigenvalue weighted by Crippen LogP contribution is 2.84. The molecule has 0 fully saturated rings. The molecular weight excluding hydrogens is 769 g/mol. The molecule has 64 heavy (non-hydrogen) atoms. The van der Waals surface area contributed by atoms with Crippen molar-refractivity contribution < 1.29 is 0 Å². The third-order valence-electron chi connectivity index (χ3n) is 24.2. The Morgan fingerprint density at radius 3 is 0.578 bits per heavy atom. The molecule has 0 heterocycles. The number of hydrogen-bond donors (Lipinski definition) is 0. The van der Waals surface area contributed by atoms with Crippen molar-refractivity contribution in [3.63, 3.8) is 0 Å². The summed E-state index contributed by atoms with van der Waals surface area (Å²) in [5.74, 6) is 0.393. The van der Waals surface area contributed by atoms with Crippen LogP contribution in [0, 0.1) is 0 Å². The highest BCUT2D eigenvalue weighted by molar-refractivity contribution is 6.82. The van der Waals surface area contributed by atoms with Gasteiger partial charge in [0.05, 0.1) is 0 Å². The van der Waals surface area contributed by atoms with Crippen molar-refractivity contribution in [2.45, 2.75) is 37.5 Å². The fraction of sp³-hybridized carbons (Fsp3) is 0.0938. The van der Waals surface area contributed by atoms with Gasteiger partial charge in [-0.25, -0.2) is 0 Å². The van der Waals surface area contributed by atoms with Gasteiger partial charge in [0, 0.05) is 11.3 Å². The summed E-state index contributed by atoms with van der Waals surface area (Å²) in [6, 6.07) is 0.